The molecule has 1 aromatic rings. The van der Waals surface area contributed by atoms with Crippen LogP contribution in [0.4, 0.5) is 0 Å². The fourth-order valence-corrected chi connectivity index (χ4v) is 1.20. The lowest BCUT2D eigenvalue weighted by Crippen LogP contribution is -2.03. The van der Waals surface area contributed by atoms with Crippen molar-refractivity contribution in [2.45, 2.75) is 0 Å². The molecule has 3 heteroatoms. The highest BCUT2D eigenvalue weighted by Crippen LogP contribution is 2.21. The smallest absolute Gasteiger partial charge is 0.343 e. The van der Waals surface area contributed by atoms with Crippen LogP contribution < -0.4 is 0 Å². The molecule has 1 rings (SSSR count). The molecule has 0 unspecified atom stereocenters. The Morgan fingerprint density at radius 1 is 1.36 bits per heavy atom. The maximum atomic E-state index is 11.4. The van der Waals surface area contributed by atoms with E-state index in [4.69, 9.17) is 11.6 Å². The number of carbonyl (C=O) groups is 1. The number of benzene rings is 1. The van der Waals surface area contributed by atoms with Crippen LogP contribution >= 0.6 is 11.6 Å². The van der Waals surface area contributed by atoms with Crippen molar-refractivity contribution in [1.29, 1.82) is 0 Å². The number of hydrogen-bond donors (Lipinski definition) is 0. The highest BCUT2D eigenvalue weighted by Gasteiger charge is 2.11. The van der Waals surface area contributed by atoms with Crippen LogP contribution in [0.25, 0.3) is 5.03 Å². The van der Waals surface area contributed by atoms with Gasteiger partial charge in [0.1, 0.15) is 0 Å². The summed E-state index contributed by atoms with van der Waals surface area (Å²) < 4.78 is 4.64. The summed E-state index contributed by atoms with van der Waals surface area (Å²) in [6.07, 6.45) is 1.08. The van der Waals surface area contributed by atoms with Crippen LogP contribution in [0.3, 0.4) is 0 Å². The zero-order valence-electron chi connectivity index (χ0n) is 7.50. The van der Waals surface area contributed by atoms with Crippen molar-refractivity contribution in [3.63, 3.8) is 0 Å². The molecule has 14 heavy (non-hydrogen) atoms. The van der Waals surface area contributed by atoms with Gasteiger partial charge in [0.05, 0.1) is 11.8 Å². The van der Waals surface area contributed by atoms with E-state index >= 15 is 0 Å². The first-order chi connectivity index (χ1) is 6.66. The summed E-state index contributed by atoms with van der Waals surface area (Å²) in [7, 11) is 0. The normalized spacial score (nSPS) is 9.21. The van der Waals surface area contributed by atoms with Crippen LogP contribution in [0, 0.1) is 0 Å². The Morgan fingerprint density at radius 2 is 1.93 bits per heavy atom. The molecular formula is C11H9ClO2. The standard InChI is InChI=1S/C11H9ClO2/c1-3-14-11(13)10-7-5-4-6-9(10)8(2)12/h3-7H,1-2H2. The van der Waals surface area contributed by atoms with Crippen LogP contribution in [-0.4, -0.2) is 5.97 Å². The maximum absolute atomic E-state index is 11.4. The minimum Gasteiger partial charge on any atom is -0.432 e. The van der Waals surface area contributed by atoms with E-state index in [0.29, 0.717) is 16.2 Å². The lowest BCUT2D eigenvalue weighted by molar-refractivity contribution is 0.0664. The topological polar surface area (TPSA) is 26.3 Å². The van der Waals surface area contributed by atoms with E-state index < -0.39 is 5.97 Å². The number of esters is 1. The first-order valence-electron chi connectivity index (χ1n) is 3.92. The lowest BCUT2D eigenvalue weighted by Gasteiger charge is -2.04. The quantitative estimate of drug-likeness (QED) is 0.563. The molecule has 0 amide bonds. The van der Waals surface area contributed by atoms with E-state index in [2.05, 4.69) is 17.9 Å². The Hall–Kier alpha value is -1.54. The van der Waals surface area contributed by atoms with Crippen molar-refractivity contribution < 1.29 is 9.53 Å². The predicted molar refractivity (Wildman–Crippen MR) is 56.9 cm³/mol. The molecule has 0 heterocycles. The SMILES string of the molecule is C=COC(=O)c1ccccc1C(=C)Cl. The number of rotatable bonds is 3. The Balaban J connectivity index is 3.12. The minimum atomic E-state index is -0.489. The van der Waals surface area contributed by atoms with Gasteiger partial charge in [0.2, 0.25) is 0 Å². The van der Waals surface area contributed by atoms with E-state index in [-0.39, 0.29) is 0 Å². The first kappa shape index (κ1) is 10.5. The van der Waals surface area contributed by atoms with E-state index in [9.17, 15) is 4.79 Å². The van der Waals surface area contributed by atoms with Crippen molar-refractivity contribution in [1.82, 2.24) is 0 Å². The van der Waals surface area contributed by atoms with E-state index in [1.165, 1.54) is 0 Å². The summed E-state index contributed by atoms with van der Waals surface area (Å²) >= 11 is 5.72. The highest BCUT2D eigenvalue weighted by atomic mass is 35.5. The number of hydrogen-bond acceptors (Lipinski definition) is 2. The fraction of sp³-hybridized carbons (Fsp3) is 0. The molecule has 0 N–H and O–H groups in total. The van der Waals surface area contributed by atoms with Gasteiger partial charge in [-0.05, 0) is 6.07 Å². The van der Waals surface area contributed by atoms with Gasteiger partial charge in [-0.3, -0.25) is 0 Å². The molecule has 1 aromatic carbocycles. The molecule has 2 nitrogen and oxygen atoms in total. The van der Waals surface area contributed by atoms with Gasteiger partial charge in [0, 0.05) is 10.6 Å². The maximum Gasteiger partial charge on any atom is 0.343 e. The van der Waals surface area contributed by atoms with Crippen LogP contribution in [0.1, 0.15) is 15.9 Å². The minimum absolute atomic E-state index is 0.307. The molecule has 0 spiro atoms. The van der Waals surface area contributed by atoms with Crippen LogP contribution in [0.5, 0.6) is 0 Å². The third-order valence-electron chi connectivity index (χ3n) is 1.63. The van der Waals surface area contributed by atoms with Gasteiger partial charge in [0.15, 0.2) is 0 Å². The van der Waals surface area contributed by atoms with Gasteiger partial charge in [-0.1, -0.05) is 43.0 Å². The summed E-state index contributed by atoms with van der Waals surface area (Å²) in [4.78, 5) is 11.4. The van der Waals surface area contributed by atoms with Crippen molar-refractivity contribution in [2.75, 3.05) is 0 Å². The number of carbonyl (C=O) groups excluding carboxylic acids is 1. The molecule has 0 saturated carbocycles. The van der Waals surface area contributed by atoms with Gasteiger partial charge >= 0.3 is 5.97 Å². The monoisotopic (exact) mass is 208 g/mol. The van der Waals surface area contributed by atoms with Gasteiger partial charge in [-0.2, -0.15) is 0 Å². The summed E-state index contributed by atoms with van der Waals surface area (Å²) in [5.74, 6) is -0.489. The molecule has 0 aliphatic carbocycles. The second kappa shape index (κ2) is 4.63. The number of ether oxygens (including phenoxy) is 1. The molecule has 0 aromatic heterocycles. The Morgan fingerprint density at radius 3 is 2.43 bits per heavy atom. The summed E-state index contributed by atoms with van der Waals surface area (Å²) in [5.41, 5.74) is 0.952. The average molecular weight is 209 g/mol. The van der Waals surface area contributed by atoms with Crippen molar-refractivity contribution >= 4 is 22.6 Å². The molecule has 0 saturated heterocycles. The lowest BCUT2D eigenvalue weighted by atomic mass is 10.1. The van der Waals surface area contributed by atoms with Gasteiger partial charge < -0.3 is 4.74 Å². The van der Waals surface area contributed by atoms with E-state index in [1.54, 1.807) is 24.3 Å². The third kappa shape index (κ3) is 2.24. The second-order valence-electron chi connectivity index (χ2n) is 2.52. The van der Waals surface area contributed by atoms with Crippen LogP contribution in [0.15, 0.2) is 43.7 Å². The van der Waals surface area contributed by atoms with Gasteiger partial charge in [-0.25, -0.2) is 4.79 Å². The second-order valence-corrected chi connectivity index (χ2v) is 2.98. The zero-order chi connectivity index (χ0) is 10.6. The molecule has 0 fully saturated rings. The molecule has 0 radical (unpaired) electrons. The summed E-state index contributed by atoms with van der Waals surface area (Å²) in [6.45, 7) is 6.86. The first-order valence-corrected chi connectivity index (χ1v) is 4.30. The molecular weight excluding hydrogens is 200 g/mol. The molecule has 0 bridgehead atoms. The van der Waals surface area contributed by atoms with E-state index in [0.717, 1.165) is 6.26 Å². The van der Waals surface area contributed by atoms with Crippen LogP contribution in [-0.2, 0) is 4.74 Å². The van der Waals surface area contributed by atoms with Gasteiger partial charge in [-0.15, -0.1) is 0 Å². The number of halogens is 1. The largest absolute Gasteiger partial charge is 0.432 e. The Bertz CT molecular complexity index is 383. The summed E-state index contributed by atoms with van der Waals surface area (Å²) in [6, 6.07) is 6.82. The Labute approximate surface area is 87.5 Å². The highest BCUT2D eigenvalue weighted by molar-refractivity contribution is 6.48. The van der Waals surface area contributed by atoms with E-state index in [1.807, 2.05) is 0 Å². The molecule has 0 aliphatic rings. The molecule has 0 atom stereocenters. The zero-order valence-corrected chi connectivity index (χ0v) is 8.25. The van der Waals surface area contributed by atoms with Crippen molar-refractivity contribution in [3.05, 3.63) is 54.8 Å². The van der Waals surface area contributed by atoms with Crippen molar-refractivity contribution in [3.8, 4) is 0 Å². The fourth-order valence-electron chi connectivity index (χ4n) is 1.04. The summed E-state index contributed by atoms with van der Waals surface area (Å²) in [5, 5.41) is 0.307. The van der Waals surface area contributed by atoms with Crippen LogP contribution in [0.2, 0.25) is 0 Å². The average Bonchev–Trinajstić information content (AvgIpc) is 2.18. The predicted octanol–water partition coefficient (Wildman–Crippen LogP) is 3.20. The Kier molecular flexibility index (Phi) is 3.48. The van der Waals surface area contributed by atoms with Gasteiger partial charge in [0.25, 0.3) is 0 Å². The third-order valence-corrected chi connectivity index (χ3v) is 1.83. The molecule has 72 valence electrons. The molecule has 0 aliphatic heterocycles. The van der Waals surface area contributed by atoms with Crippen molar-refractivity contribution in [2.24, 2.45) is 0 Å².